The largest absolute Gasteiger partial charge is 0.455 e. The summed E-state index contributed by atoms with van der Waals surface area (Å²) < 4.78 is 13.3. The molecular formula is C53H31N3O2. The van der Waals surface area contributed by atoms with Crippen LogP contribution in [0.25, 0.3) is 122 Å². The standard InChI is InChI=1S/C53H31N3O2/c1-2-11-32(12-3-1)35-24-25-37-31-39(28-26-36(37)29-35)52-54-51(38-27-23-33-13-4-5-14-34(33)30-38)55-53(56-52)45-20-10-22-47-48(45)44-19-9-18-43(50(44)58-47)42-17-8-16-41-40-15-6-7-21-46(40)57-49(41)42/h1-31H. The summed E-state index contributed by atoms with van der Waals surface area (Å²) in [5.41, 5.74) is 10.3. The Hall–Kier alpha value is -7.89. The third kappa shape index (κ3) is 5.21. The summed E-state index contributed by atoms with van der Waals surface area (Å²) in [6, 6.07) is 65.1. The maximum atomic E-state index is 6.78. The van der Waals surface area contributed by atoms with Crippen LogP contribution in [0.3, 0.4) is 0 Å². The molecule has 12 aromatic rings. The lowest BCUT2D eigenvalue weighted by Gasteiger charge is -2.11. The Bertz CT molecular complexity index is 3580. The second kappa shape index (κ2) is 12.8. The highest BCUT2D eigenvalue weighted by molar-refractivity contribution is 6.17. The van der Waals surface area contributed by atoms with E-state index in [2.05, 4.69) is 152 Å². The molecule has 0 fully saturated rings. The fourth-order valence-electron chi connectivity index (χ4n) is 8.48. The van der Waals surface area contributed by atoms with Gasteiger partial charge in [0, 0.05) is 49.4 Å². The molecule has 9 aromatic carbocycles. The van der Waals surface area contributed by atoms with Gasteiger partial charge in [0.1, 0.15) is 22.3 Å². The first-order valence-corrected chi connectivity index (χ1v) is 19.4. The van der Waals surface area contributed by atoms with Crippen LogP contribution in [-0.4, -0.2) is 15.0 Å². The monoisotopic (exact) mass is 741 g/mol. The minimum absolute atomic E-state index is 0.575. The number of para-hydroxylation sites is 3. The highest BCUT2D eigenvalue weighted by atomic mass is 16.3. The topological polar surface area (TPSA) is 65.0 Å². The van der Waals surface area contributed by atoms with Crippen molar-refractivity contribution in [2.45, 2.75) is 0 Å². The minimum atomic E-state index is 0.575. The van der Waals surface area contributed by atoms with Crippen molar-refractivity contribution in [3.63, 3.8) is 0 Å². The summed E-state index contributed by atoms with van der Waals surface area (Å²) in [5, 5.41) is 8.64. The van der Waals surface area contributed by atoms with Gasteiger partial charge in [0.15, 0.2) is 17.5 Å². The van der Waals surface area contributed by atoms with Crippen molar-refractivity contribution in [3.05, 3.63) is 188 Å². The maximum Gasteiger partial charge on any atom is 0.164 e. The molecular weight excluding hydrogens is 711 g/mol. The van der Waals surface area contributed by atoms with E-state index in [-0.39, 0.29) is 0 Å². The number of furan rings is 2. The molecule has 0 aliphatic carbocycles. The van der Waals surface area contributed by atoms with Crippen molar-refractivity contribution >= 4 is 65.4 Å². The summed E-state index contributed by atoms with van der Waals surface area (Å²) in [4.78, 5) is 15.6. The van der Waals surface area contributed by atoms with E-state index in [9.17, 15) is 0 Å². The zero-order valence-electron chi connectivity index (χ0n) is 31.1. The molecule has 0 N–H and O–H groups in total. The van der Waals surface area contributed by atoms with Crippen molar-refractivity contribution in [2.24, 2.45) is 0 Å². The predicted molar refractivity (Wildman–Crippen MR) is 237 cm³/mol. The second-order valence-electron chi connectivity index (χ2n) is 14.8. The van der Waals surface area contributed by atoms with Crippen LogP contribution in [0.15, 0.2) is 197 Å². The SMILES string of the molecule is c1ccc(-c2ccc3cc(-c4nc(-c5ccc6ccccc6c5)nc(-c5cccc6oc7c(-c8cccc9c8oc8ccccc89)cccc7c56)n4)ccc3c2)cc1. The van der Waals surface area contributed by atoms with Crippen molar-refractivity contribution in [1.82, 2.24) is 15.0 Å². The van der Waals surface area contributed by atoms with Gasteiger partial charge in [-0.3, -0.25) is 0 Å². The molecule has 0 spiro atoms. The van der Waals surface area contributed by atoms with Crippen LogP contribution in [-0.2, 0) is 0 Å². The molecule has 0 radical (unpaired) electrons. The summed E-state index contributed by atoms with van der Waals surface area (Å²) in [5.74, 6) is 1.78. The van der Waals surface area contributed by atoms with Crippen molar-refractivity contribution in [2.75, 3.05) is 0 Å². The van der Waals surface area contributed by atoms with Gasteiger partial charge in [-0.15, -0.1) is 0 Å². The molecule has 12 rings (SSSR count). The third-order valence-electron chi connectivity index (χ3n) is 11.3. The van der Waals surface area contributed by atoms with Crippen molar-refractivity contribution < 1.29 is 8.83 Å². The molecule has 0 atom stereocenters. The van der Waals surface area contributed by atoms with E-state index in [1.54, 1.807) is 0 Å². The Kier molecular flexibility index (Phi) is 7.16. The Morgan fingerprint density at radius 3 is 1.57 bits per heavy atom. The zero-order chi connectivity index (χ0) is 38.2. The van der Waals surface area contributed by atoms with E-state index in [4.69, 9.17) is 23.8 Å². The van der Waals surface area contributed by atoms with Crippen LogP contribution in [0.5, 0.6) is 0 Å². The fraction of sp³-hybridized carbons (Fsp3) is 0. The molecule has 0 saturated heterocycles. The molecule has 5 nitrogen and oxygen atoms in total. The Labute approximate surface area is 332 Å². The molecule has 0 bridgehead atoms. The maximum absolute atomic E-state index is 6.78. The summed E-state index contributed by atoms with van der Waals surface area (Å²) >= 11 is 0. The predicted octanol–water partition coefficient (Wildman–Crippen LogP) is 14.3. The van der Waals surface area contributed by atoms with E-state index >= 15 is 0 Å². The van der Waals surface area contributed by atoms with Gasteiger partial charge in [-0.25, -0.2) is 15.0 Å². The van der Waals surface area contributed by atoms with Crippen LogP contribution < -0.4 is 0 Å². The Morgan fingerprint density at radius 1 is 0.293 bits per heavy atom. The van der Waals surface area contributed by atoms with Gasteiger partial charge in [0.05, 0.1) is 0 Å². The van der Waals surface area contributed by atoms with Gasteiger partial charge < -0.3 is 8.83 Å². The molecule has 0 amide bonds. The quantitative estimate of drug-likeness (QED) is 0.176. The van der Waals surface area contributed by atoms with Crippen LogP contribution >= 0.6 is 0 Å². The first-order valence-electron chi connectivity index (χ1n) is 19.4. The molecule has 5 heteroatoms. The fourth-order valence-corrected chi connectivity index (χ4v) is 8.48. The highest BCUT2D eigenvalue weighted by Gasteiger charge is 2.21. The normalized spacial score (nSPS) is 11.8. The van der Waals surface area contributed by atoms with Crippen LogP contribution in [0.1, 0.15) is 0 Å². The number of rotatable bonds is 5. The van der Waals surface area contributed by atoms with Gasteiger partial charge in [-0.1, -0.05) is 158 Å². The lowest BCUT2D eigenvalue weighted by Crippen LogP contribution is -2.00. The lowest BCUT2D eigenvalue weighted by atomic mass is 9.98. The summed E-state index contributed by atoms with van der Waals surface area (Å²) in [6.07, 6.45) is 0. The molecule has 0 aliphatic rings. The number of nitrogens with zero attached hydrogens (tertiary/aromatic N) is 3. The van der Waals surface area contributed by atoms with E-state index < -0.39 is 0 Å². The van der Waals surface area contributed by atoms with E-state index in [1.165, 1.54) is 11.1 Å². The molecule has 58 heavy (non-hydrogen) atoms. The third-order valence-corrected chi connectivity index (χ3v) is 11.3. The number of hydrogen-bond donors (Lipinski definition) is 0. The second-order valence-corrected chi connectivity index (χ2v) is 14.8. The smallest absolute Gasteiger partial charge is 0.164 e. The van der Waals surface area contributed by atoms with Gasteiger partial charge in [-0.2, -0.15) is 0 Å². The molecule has 270 valence electrons. The summed E-state index contributed by atoms with van der Waals surface area (Å²) in [6.45, 7) is 0. The Morgan fingerprint density at radius 2 is 0.793 bits per heavy atom. The molecule has 0 aliphatic heterocycles. The lowest BCUT2D eigenvalue weighted by molar-refractivity contribution is 0.665. The van der Waals surface area contributed by atoms with Gasteiger partial charge in [-0.05, 0) is 63.0 Å². The summed E-state index contributed by atoms with van der Waals surface area (Å²) in [7, 11) is 0. The average molecular weight is 742 g/mol. The highest BCUT2D eigenvalue weighted by Crippen LogP contribution is 2.43. The van der Waals surface area contributed by atoms with Crippen LogP contribution in [0.4, 0.5) is 0 Å². The number of benzene rings is 9. The van der Waals surface area contributed by atoms with E-state index in [1.807, 2.05) is 36.4 Å². The zero-order valence-corrected chi connectivity index (χ0v) is 31.1. The number of fused-ring (bicyclic) bond motifs is 8. The van der Waals surface area contributed by atoms with Crippen molar-refractivity contribution in [3.8, 4) is 56.4 Å². The number of aromatic nitrogens is 3. The molecule has 0 unspecified atom stereocenters. The van der Waals surface area contributed by atoms with Crippen LogP contribution in [0, 0.1) is 0 Å². The molecule has 3 aromatic heterocycles. The van der Waals surface area contributed by atoms with E-state index in [0.29, 0.717) is 17.5 Å². The van der Waals surface area contributed by atoms with Crippen LogP contribution in [0.2, 0.25) is 0 Å². The first kappa shape index (κ1) is 32.4. The molecule has 3 heterocycles. The Balaban J connectivity index is 1.05. The van der Waals surface area contributed by atoms with E-state index in [0.717, 1.165) is 93.2 Å². The molecule has 0 saturated carbocycles. The minimum Gasteiger partial charge on any atom is -0.455 e. The first-order chi connectivity index (χ1) is 28.7. The number of hydrogen-bond acceptors (Lipinski definition) is 5. The van der Waals surface area contributed by atoms with Gasteiger partial charge in [0.2, 0.25) is 0 Å². The average Bonchev–Trinajstić information content (AvgIpc) is 3.88. The van der Waals surface area contributed by atoms with Gasteiger partial charge in [0.25, 0.3) is 0 Å². The van der Waals surface area contributed by atoms with Crippen molar-refractivity contribution in [1.29, 1.82) is 0 Å². The van der Waals surface area contributed by atoms with Gasteiger partial charge >= 0.3 is 0 Å².